The standard InChI is InChI=1S/C14H22N4O2/c1-3-20-14(19)12-5-4-6-16-13(12)18-8-7-17(2)10-11(18)9-15/h4-6,11H,3,7-10,15H2,1-2H3. The Morgan fingerprint density at radius 1 is 1.55 bits per heavy atom. The van der Waals surface area contributed by atoms with Gasteiger partial charge in [-0.3, -0.25) is 0 Å². The van der Waals surface area contributed by atoms with Crippen molar-refractivity contribution in [3.8, 4) is 0 Å². The maximum absolute atomic E-state index is 12.0. The van der Waals surface area contributed by atoms with Crippen molar-refractivity contribution in [2.24, 2.45) is 5.73 Å². The van der Waals surface area contributed by atoms with Crippen molar-refractivity contribution in [2.75, 3.05) is 44.7 Å². The summed E-state index contributed by atoms with van der Waals surface area (Å²) in [5, 5.41) is 0. The summed E-state index contributed by atoms with van der Waals surface area (Å²) in [5.41, 5.74) is 6.38. The van der Waals surface area contributed by atoms with E-state index in [-0.39, 0.29) is 12.0 Å². The summed E-state index contributed by atoms with van der Waals surface area (Å²) in [7, 11) is 2.07. The maximum atomic E-state index is 12.0. The number of rotatable bonds is 4. The van der Waals surface area contributed by atoms with E-state index in [1.54, 1.807) is 25.3 Å². The fraction of sp³-hybridized carbons (Fsp3) is 0.571. The minimum atomic E-state index is -0.328. The number of esters is 1. The Bertz CT molecular complexity index is 466. The molecule has 20 heavy (non-hydrogen) atoms. The van der Waals surface area contributed by atoms with Crippen LogP contribution < -0.4 is 10.6 Å². The molecule has 1 saturated heterocycles. The third-order valence-electron chi connectivity index (χ3n) is 3.51. The molecule has 0 amide bonds. The number of hydrogen-bond acceptors (Lipinski definition) is 6. The Morgan fingerprint density at radius 2 is 2.35 bits per heavy atom. The Kier molecular flexibility index (Phi) is 4.92. The number of ether oxygens (including phenoxy) is 1. The van der Waals surface area contributed by atoms with Crippen LogP contribution in [0.4, 0.5) is 5.82 Å². The highest BCUT2D eigenvalue weighted by molar-refractivity contribution is 5.94. The lowest BCUT2D eigenvalue weighted by Gasteiger charge is -2.40. The molecular formula is C14H22N4O2. The molecule has 2 rings (SSSR count). The van der Waals surface area contributed by atoms with Gasteiger partial charge < -0.3 is 20.3 Å². The SMILES string of the molecule is CCOC(=O)c1cccnc1N1CCN(C)CC1CN. The summed E-state index contributed by atoms with van der Waals surface area (Å²) in [4.78, 5) is 20.8. The summed E-state index contributed by atoms with van der Waals surface area (Å²) < 4.78 is 5.10. The van der Waals surface area contributed by atoms with Crippen molar-refractivity contribution in [2.45, 2.75) is 13.0 Å². The van der Waals surface area contributed by atoms with Crippen LogP contribution >= 0.6 is 0 Å². The molecule has 6 heteroatoms. The summed E-state index contributed by atoms with van der Waals surface area (Å²) in [6.07, 6.45) is 1.70. The number of aromatic nitrogens is 1. The van der Waals surface area contributed by atoms with Gasteiger partial charge in [0.05, 0.1) is 12.6 Å². The zero-order chi connectivity index (χ0) is 14.5. The lowest BCUT2D eigenvalue weighted by Crippen LogP contribution is -2.55. The van der Waals surface area contributed by atoms with E-state index >= 15 is 0 Å². The average molecular weight is 278 g/mol. The molecule has 1 aromatic heterocycles. The second kappa shape index (κ2) is 6.67. The van der Waals surface area contributed by atoms with Gasteiger partial charge in [0.25, 0.3) is 0 Å². The molecule has 0 bridgehead atoms. The zero-order valence-corrected chi connectivity index (χ0v) is 12.1. The highest BCUT2D eigenvalue weighted by Crippen LogP contribution is 2.22. The van der Waals surface area contributed by atoms with Crippen LogP contribution in [0.1, 0.15) is 17.3 Å². The maximum Gasteiger partial charge on any atom is 0.341 e. The topological polar surface area (TPSA) is 71.7 Å². The van der Waals surface area contributed by atoms with Crippen LogP contribution in [0.25, 0.3) is 0 Å². The van der Waals surface area contributed by atoms with E-state index in [9.17, 15) is 4.79 Å². The van der Waals surface area contributed by atoms with Crippen molar-refractivity contribution in [1.29, 1.82) is 0 Å². The number of pyridine rings is 1. The van der Waals surface area contributed by atoms with Crippen LogP contribution in [-0.2, 0) is 4.74 Å². The Balaban J connectivity index is 2.29. The number of hydrogen-bond donors (Lipinski definition) is 1. The molecule has 1 atom stereocenters. The smallest absolute Gasteiger partial charge is 0.341 e. The highest BCUT2D eigenvalue weighted by atomic mass is 16.5. The fourth-order valence-corrected chi connectivity index (χ4v) is 2.49. The summed E-state index contributed by atoms with van der Waals surface area (Å²) >= 11 is 0. The van der Waals surface area contributed by atoms with Crippen molar-refractivity contribution in [3.63, 3.8) is 0 Å². The van der Waals surface area contributed by atoms with Gasteiger partial charge in [-0.05, 0) is 26.1 Å². The van der Waals surface area contributed by atoms with E-state index in [1.807, 2.05) is 0 Å². The normalized spacial score (nSPS) is 19.9. The first kappa shape index (κ1) is 14.7. The van der Waals surface area contributed by atoms with E-state index < -0.39 is 0 Å². The van der Waals surface area contributed by atoms with Gasteiger partial charge >= 0.3 is 5.97 Å². The molecule has 0 radical (unpaired) electrons. The molecule has 0 aliphatic carbocycles. The largest absolute Gasteiger partial charge is 0.462 e. The van der Waals surface area contributed by atoms with Crippen LogP contribution in [0.2, 0.25) is 0 Å². The Morgan fingerprint density at radius 3 is 3.05 bits per heavy atom. The van der Waals surface area contributed by atoms with Gasteiger partial charge in [-0.2, -0.15) is 0 Å². The van der Waals surface area contributed by atoms with E-state index in [4.69, 9.17) is 10.5 Å². The first-order valence-electron chi connectivity index (χ1n) is 6.94. The van der Waals surface area contributed by atoms with Gasteiger partial charge in [-0.15, -0.1) is 0 Å². The van der Waals surface area contributed by atoms with E-state index in [0.29, 0.717) is 24.5 Å². The summed E-state index contributed by atoms with van der Waals surface area (Å²) in [6.45, 7) is 5.29. The second-order valence-corrected chi connectivity index (χ2v) is 4.94. The van der Waals surface area contributed by atoms with Crippen LogP contribution in [-0.4, -0.2) is 61.7 Å². The molecule has 0 aromatic carbocycles. The third-order valence-corrected chi connectivity index (χ3v) is 3.51. The first-order chi connectivity index (χ1) is 9.67. The molecule has 1 aromatic rings. The molecule has 6 nitrogen and oxygen atoms in total. The van der Waals surface area contributed by atoms with Gasteiger partial charge in [0.1, 0.15) is 11.4 Å². The fourth-order valence-electron chi connectivity index (χ4n) is 2.49. The zero-order valence-electron chi connectivity index (χ0n) is 12.1. The van der Waals surface area contributed by atoms with Gasteiger partial charge in [-0.1, -0.05) is 0 Å². The summed E-state index contributed by atoms with van der Waals surface area (Å²) in [5.74, 6) is 0.347. The van der Waals surface area contributed by atoms with Crippen molar-refractivity contribution in [1.82, 2.24) is 9.88 Å². The number of anilines is 1. The molecule has 2 heterocycles. The van der Waals surface area contributed by atoms with Gasteiger partial charge in [0.2, 0.25) is 0 Å². The van der Waals surface area contributed by atoms with Crippen LogP contribution in [0.15, 0.2) is 18.3 Å². The molecule has 1 aliphatic heterocycles. The number of carbonyl (C=O) groups excluding carboxylic acids is 1. The second-order valence-electron chi connectivity index (χ2n) is 4.94. The number of nitrogens with two attached hydrogens (primary N) is 1. The minimum absolute atomic E-state index is 0.164. The summed E-state index contributed by atoms with van der Waals surface area (Å²) in [6, 6.07) is 3.67. The molecule has 1 aliphatic rings. The number of carbonyl (C=O) groups is 1. The van der Waals surface area contributed by atoms with E-state index in [2.05, 4.69) is 21.8 Å². The first-order valence-corrected chi connectivity index (χ1v) is 6.94. The molecule has 110 valence electrons. The highest BCUT2D eigenvalue weighted by Gasteiger charge is 2.28. The van der Waals surface area contributed by atoms with Crippen LogP contribution in [0.5, 0.6) is 0 Å². The average Bonchev–Trinajstić information content (AvgIpc) is 2.47. The minimum Gasteiger partial charge on any atom is -0.462 e. The molecule has 1 fully saturated rings. The van der Waals surface area contributed by atoms with Gasteiger partial charge in [-0.25, -0.2) is 9.78 Å². The molecule has 1 unspecified atom stereocenters. The predicted molar refractivity (Wildman–Crippen MR) is 77.9 cm³/mol. The monoisotopic (exact) mass is 278 g/mol. The number of piperazine rings is 1. The Hall–Kier alpha value is -1.66. The number of likely N-dealkylation sites (N-methyl/N-ethyl adjacent to an activating group) is 1. The van der Waals surface area contributed by atoms with Crippen molar-refractivity contribution < 1.29 is 9.53 Å². The van der Waals surface area contributed by atoms with Crippen LogP contribution in [0.3, 0.4) is 0 Å². The van der Waals surface area contributed by atoms with Gasteiger partial charge in [0, 0.05) is 32.4 Å². The van der Waals surface area contributed by atoms with E-state index in [0.717, 1.165) is 19.6 Å². The number of nitrogens with zero attached hydrogens (tertiary/aromatic N) is 3. The van der Waals surface area contributed by atoms with Crippen LogP contribution in [0, 0.1) is 0 Å². The van der Waals surface area contributed by atoms with Gasteiger partial charge in [0.15, 0.2) is 0 Å². The quantitative estimate of drug-likeness (QED) is 0.801. The molecular weight excluding hydrogens is 256 g/mol. The lowest BCUT2D eigenvalue weighted by molar-refractivity contribution is 0.0526. The lowest BCUT2D eigenvalue weighted by atomic mass is 10.1. The molecule has 0 spiro atoms. The van der Waals surface area contributed by atoms with E-state index in [1.165, 1.54) is 0 Å². The molecule has 0 saturated carbocycles. The van der Waals surface area contributed by atoms with Crippen molar-refractivity contribution >= 4 is 11.8 Å². The van der Waals surface area contributed by atoms with Crippen molar-refractivity contribution in [3.05, 3.63) is 23.9 Å². The Labute approximate surface area is 119 Å². The molecule has 2 N–H and O–H groups in total. The third kappa shape index (κ3) is 3.08. The predicted octanol–water partition coefficient (Wildman–Crippen LogP) is 0.337.